The molecule has 1 aromatic carbocycles. The summed E-state index contributed by atoms with van der Waals surface area (Å²) in [5, 5.41) is 22.9. The van der Waals surface area contributed by atoms with Crippen LogP contribution in [0.1, 0.15) is 67.3 Å². The molecule has 4 aromatic rings. The number of hydrogen-bond acceptors (Lipinski definition) is 7. The van der Waals surface area contributed by atoms with E-state index in [1.54, 1.807) is 26.0 Å². The summed E-state index contributed by atoms with van der Waals surface area (Å²) in [4.78, 5) is 20.5. The van der Waals surface area contributed by atoms with Gasteiger partial charge in [-0.25, -0.2) is 4.98 Å². The first-order valence-electron chi connectivity index (χ1n) is 12.8. The van der Waals surface area contributed by atoms with Crippen LogP contribution in [0.15, 0.2) is 47.3 Å². The van der Waals surface area contributed by atoms with E-state index in [0.29, 0.717) is 28.9 Å². The van der Waals surface area contributed by atoms with Crippen molar-refractivity contribution < 1.29 is 27.5 Å². The van der Waals surface area contributed by atoms with E-state index in [1.807, 2.05) is 10.9 Å². The highest BCUT2D eigenvalue weighted by Gasteiger charge is 2.35. The fourth-order valence-electron chi connectivity index (χ4n) is 5.55. The fourth-order valence-corrected chi connectivity index (χ4v) is 5.55. The van der Waals surface area contributed by atoms with E-state index >= 15 is 0 Å². The molecular formula is C27H27F3N6O3. The Hall–Kier alpha value is -3.77. The predicted octanol–water partition coefficient (Wildman–Crippen LogP) is 5.04. The van der Waals surface area contributed by atoms with Crippen LogP contribution in [0.5, 0.6) is 0 Å². The summed E-state index contributed by atoms with van der Waals surface area (Å²) in [5.74, 6) is -0.786. The van der Waals surface area contributed by atoms with Crippen molar-refractivity contribution in [2.45, 2.75) is 69.4 Å². The molecule has 2 bridgehead atoms. The molecule has 2 aliphatic heterocycles. The molecule has 39 heavy (non-hydrogen) atoms. The molecular weight excluding hydrogens is 513 g/mol. The molecule has 2 atom stereocenters. The monoisotopic (exact) mass is 540 g/mol. The Morgan fingerprint density at radius 3 is 2.62 bits per heavy atom. The highest BCUT2D eigenvalue weighted by Crippen LogP contribution is 2.37. The fraction of sp³-hybridized carbons (Fsp3) is 0.407. The number of aromatic nitrogens is 4. The summed E-state index contributed by atoms with van der Waals surface area (Å²) in [6.45, 7) is 3.22. The maximum absolute atomic E-state index is 13.1. The Labute approximate surface area is 221 Å². The van der Waals surface area contributed by atoms with Crippen molar-refractivity contribution >= 4 is 22.5 Å². The highest BCUT2D eigenvalue weighted by atomic mass is 19.4. The SMILES string of the molecule is CC(C)(O)c1cc2nn(C3CC4CCC(C3)N4)cc2cc1NC(=O)c1coc(-c2ccnc(C(F)(F)F)c2)n1. The number of halogens is 3. The first-order valence-corrected chi connectivity index (χ1v) is 12.8. The minimum atomic E-state index is -4.63. The molecule has 2 unspecified atom stereocenters. The van der Waals surface area contributed by atoms with Crippen molar-refractivity contribution in [2.75, 3.05) is 5.32 Å². The molecule has 12 heteroatoms. The van der Waals surface area contributed by atoms with Gasteiger partial charge in [0.25, 0.3) is 5.91 Å². The largest absolute Gasteiger partial charge is 0.444 e. The average molecular weight is 541 g/mol. The van der Waals surface area contributed by atoms with Crippen LogP contribution in [0.25, 0.3) is 22.4 Å². The highest BCUT2D eigenvalue weighted by molar-refractivity contribution is 6.04. The van der Waals surface area contributed by atoms with Gasteiger partial charge < -0.3 is 20.2 Å². The van der Waals surface area contributed by atoms with Crippen molar-refractivity contribution in [3.8, 4) is 11.5 Å². The van der Waals surface area contributed by atoms with E-state index in [1.165, 1.54) is 18.9 Å². The van der Waals surface area contributed by atoms with Crippen LogP contribution >= 0.6 is 0 Å². The van der Waals surface area contributed by atoms with E-state index in [4.69, 9.17) is 9.52 Å². The number of fused-ring (bicyclic) bond motifs is 3. The van der Waals surface area contributed by atoms with Crippen molar-refractivity contribution in [3.63, 3.8) is 0 Å². The summed E-state index contributed by atoms with van der Waals surface area (Å²) in [6.07, 6.45) is 3.77. The second-order valence-electron chi connectivity index (χ2n) is 10.8. The minimum Gasteiger partial charge on any atom is -0.444 e. The van der Waals surface area contributed by atoms with Gasteiger partial charge >= 0.3 is 6.18 Å². The van der Waals surface area contributed by atoms with E-state index in [-0.39, 0.29) is 23.2 Å². The number of piperidine rings is 1. The van der Waals surface area contributed by atoms with Gasteiger partial charge in [-0.3, -0.25) is 14.5 Å². The number of carbonyl (C=O) groups is 1. The van der Waals surface area contributed by atoms with Crippen LogP contribution in [-0.4, -0.2) is 42.8 Å². The zero-order valence-corrected chi connectivity index (χ0v) is 21.3. The zero-order chi connectivity index (χ0) is 27.5. The Kier molecular flexibility index (Phi) is 5.99. The molecule has 2 fully saturated rings. The third kappa shape index (κ3) is 5.01. The molecule has 3 N–H and O–H groups in total. The molecule has 5 heterocycles. The summed E-state index contributed by atoms with van der Waals surface area (Å²) in [6, 6.07) is 6.93. The van der Waals surface area contributed by atoms with Crippen LogP contribution in [0.4, 0.5) is 18.9 Å². The smallest absolute Gasteiger partial charge is 0.433 e. The van der Waals surface area contributed by atoms with Gasteiger partial charge in [-0.1, -0.05) is 0 Å². The van der Waals surface area contributed by atoms with Gasteiger partial charge in [-0.2, -0.15) is 18.3 Å². The summed E-state index contributed by atoms with van der Waals surface area (Å²) >= 11 is 0. The number of carbonyl (C=O) groups excluding carboxylic acids is 1. The molecule has 9 nitrogen and oxygen atoms in total. The Morgan fingerprint density at radius 1 is 1.18 bits per heavy atom. The molecule has 6 rings (SSSR count). The number of anilines is 1. The minimum absolute atomic E-state index is 0.0359. The molecule has 0 saturated carbocycles. The quantitative estimate of drug-likeness (QED) is 0.325. The molecule has 2 aliphatic rings. The Morgan fingerprint density at radius 2 is 1.92 bits per heavy atom. The number of alkyl halides is 3. The topological polar surface area (TPSA) is 118 Å². The third-order valence-corrected chi connectivity index (χ3v) is 7.43. The lowest BCUT2D eigenvalue weighted by atomic mass is 9.95. The number of nitrogens with one attached hydrogen (secondary N) is 2. The molecule has 0 radical (unpaired) electrons. The lowest BCUT2D eigenvalue weighted by molar-refractivity contribution is -0.141. The second kappa shape index (κ2) is 9.16. The van der Waals surface area contributed by atoms with Crippen molar-refractivity contribution in [1.82, 2.24) is 25.1 Å². The first kappa shape index (κ1) is 25.5. The van der Waals surface area contributed by atoms with Crippen LogP contribution in [-0.2, 0) is 11.8 Å². The number of oxazole rings is 1. The average Bonchev–Trinajstić information content (AvgIpc) is 3.60. The van der Waals surface area contributed by atoms with Gasteiger partial charge in [-0.05, 0) is 63.8 Å². The lowest BCUT2D eigenvalue weighted by Gasteiger charge is -2.29. The van der Waals surface area contributed by atoms with Crippen LogP contribution in [0.2, 0.25) is 0 Å². The van der Waals surface area contributed by atoms with E-state index < -0.39 is 23.4 Å². The lowest BCUT2D eigenvalue weighted by Crippen LogP contribution is -2.38. The molecule has 2 saturated heterocycles. The molecule has 3 aromatic heterocycles. The van der Waals surface area contributed by atoms with Crippen molar-refractivity contribution in [2.24, 2.45) is 0 Å². The third-order valence-electron chi connectivity index (χ3n) is 7.43. The van der Waals surface area contributed by atoms with E-state index in [9.17, 15) is 23.1 Å². The maximum atomic E-state index is 13.1. The molecule has 204 valence electrons. The zero-order valence-electron chi connectivity index (χ0n) is 21.3. The number of aliphatic hydroxyl groups is 1. The normalized spacial score (nSPS) is 21.4. The van der Waals surface area contributed by atoms with Gasteiger partial charge in [0.05, 0.1) is 17.2 Å². The Balaban J connectivity index is 1.28. The van der Waals surface area contributed by atoms with Gasteiger partial charge in [0.1, 0.15) is 12.0 Å². The van der Waals surface area contributed by atoms with Gasteiger partial charge in [0.2, 0.25) is 5.89 Å². The van der Waals surface area contributed by atoms with Gasteiger partial charge in [0, 0.05) is 46.7 Å². The first-order chi connectivity index (χ1) is 18.4. The second-order valence-corrected chi connectivity index (χ2v) is 10.8. The van der Waals surface area contributed by atoms with Crippen LogP contribution < -0.4 is 10.6 Å². The van der Waals surface area contributed by atoms with Crippen molar-refractivity contribution in [3.05, 3.63) is 59.9 Å². The Bertz CT molecular complexity index is 1540. The molecule has 0 spiro atoms. The van der Waals surface area contributed by atoms with E-state index in [2.05, 4.69) is 20.6 Å². The summed E-state index contributed by atoms with van der Waals surface area (Å²) in [7, 11) is 0. The number of nitrogens with zero attached hydrogens (tertiary/aromatic N) is 4. The number of benzene rings is 1. The number of amides is 1. The maximum Gasteiger partial charge on any atom is 0.433 e. The summed E-state index contributed by atoms with van der Waals surface area (Å²) in [5.41, 5.74) is -0.937. The predicted molar refractivity (Wildman–Crippen MR) is 136 cm³/mol. The van der Waals surface area contributed by atoms with Gasteiger partial charge in [0.15, 0.2) is 5.69 Å². The molecule has 0 aliphatic carbocycles. The number of rotatable bonds is 5. The number of pyridine rings is 1. The van der Waals surface area contributed by atoms with Crippen molar-refractivity contribution in [1.29, 1.82) is 0 Å². The van der Waals surface area contributed by atoms with Gasteiger partial charge in [-0.15, -0.1) is 0 Å². The van der Waals surface area contributed by atoms with Crippen LogP contribution in [0.3, 0.4) is 0 Å². The molecule has 1 amide bonds. The van der Waals surface area contributed by atoms with Crippen LogP contribution in [0, 0.1) is 0 Å². The van der Waals surface area contributed by atoms with E-state index in [0.717, 1.165) is 36.8 Å². The summed E-state index contributed by atoms with van der Waals surface area (Å²) < 4.78 is 46.4. The standard InChI is InChI=1S/C27H27F3N6O3/c1-26(2,38)19-11-20-15(12-36(35-20)18-9-16-3-4-17(10-18)32-16)7-21(19)33-24(37)22-13-39-25(34-22)14-5-6-31-23(8-14)27(28,29)30/h5-8,11-13,16-18,32,38H,3-4,9-10H2,1-2H3,(H,33,37). The number of hydrogen-bond donors (Lipinski definition) is 3.